The number of likely N-dealkylation sites (N-methyl/N-ethyl adjacent to an activating group) is 1. The molecule has 0 spiro atoms. The molecule has 0 saturated carbocycles. The van der Waals surface area contributed by atoms with Crippen molar-refractivity contribution in [3.63, 3.8) is 0 Å². The smallest absolute Gasteiger partial charge is 0.308 e. The summed E-state index contributed by atoms with van der Waals surface area (Å²) in [4.78, 5) is 25.1. The van der Waals surface area contributed by atoms with E-state index in [-0.39, 0.29) is 12.0 Å². The van der Waals surface area contributed by atoms with Crippen molar-refractivity contribution in [3.8, 4) is 0 Å². The van der Waals surface area contributed by atoms with Crippen LogP contribution in [0.1, 0.15) is 23.7 Å². The molecule has 1 aliphatic heterocycles. The van der Waals surface area contributed by atoms with Crippen molar-refractivity contribution in [3.05, 3.63) is 33.2 Å². The minimum atomic E-state index is -0.959. The molecule has 0 aromatic carbocycles. The molecule has 0 radical (unpaired) electrons. The Morgan fingerprint density at radius 1 is 1.50 bits per heavy atom. The van der Waals surface area contributed by atoms with Gasteiger partial charge in [0.1, 0.15) is 0 Å². The van der Waals surface area contributed by atoms with Gasteiger partial charge in [0.05, 0.1) is 6.42 Å². The molecule has 0 atom stereocenters. The van der Waals surface area contributed by atoms with Gasteiger partial charge >= 0.3 is 5.97 Å². The standard InChI is InChI=1S/C13H18N2O3/c1-3-15-11-4-5-14(2)8-10(11)6-9(13(15)18)7-12(16)17/h6H,3-5,7-8H2,1-2H3,(H,16,17). The van der Waals surface area contributed by atoms with Crippen molar-refractivity contribution in [2.75, 3.05) is 13.6 Å². The molecule has 2 rings (SSSR count). The van der Waals surface area contributed by atoms with Crippen LogP contribution < -0.4 is 5.56 Å². The molecular weight excluding hydrogens is 232 g/mol. The number of carboxylic acid groups (broad SMARTS) is 1. The molecule has 98 valence electrons. The zero-order chi connectivity index (χ0) is 13.3. The number of rotatable bonds is 3. The Morgan fingerprint density at radius 3 is 2.83 bits per heavy atom. The Kier molecular flexibility index (Phi) is 3.52. The van der Waals surface area contributed by atoms with E-state index in [4.69, 9.17) is 5.11 Å². The Hall–Kier alpha value is -1.62. The SMILES string of the molecule is CCn1c2c(cc(CC(=O)O)c1=O)CN(C)CC2. The molecule has 0 amide bonds. The van der Waals surface area contributed by atoms with Gasteiger partial charge in [-0.2, -0.15) is 0 Å². The molecule has 1 aliphatic rings. The summed E-state index contributed by atoms with van der Waals surface area (Å²) >= 11 is 0. The largest absolute Gasteiger partial charge is 0.481 e. The minimum absolute atomic E-state index is 0.150. The predicted molar refractivity (Wildman–Crippen MR) is 67.8 cm³/mol. The van der Waals surface area contributed by atoms with Crippen molar-refractivity contribution in [1.82, 2.24) is 9.47 Å². The Balaban J connectivity index is 2.55. The summed E-state index contributed by atoms with van der Waals surface area (Å²) in [5.74, 6) is -0.959. The van der Waals surface area contributed by atoms with Crippen molar-refractivity contribution in [2.24, 2.45) is 0 Å². The quantitative estimate of drug-likeness (QED) is 0.847. The van der Waals surface area contributed by atoms with Crippen LogP contribution >= 0.6 is 0 Å². The molecule has 5 heteroatoms. The van der Waals surface area contributed by atoms with Crippen LogP contribution in [0.15, 0.2) is 10.9 Å². The van der Waals surface area contributed by atoms with Crippen LogP contribution in [-0.4, -0.2) is 34.1 Å². The summed E-state index contributed by atoms with van der Waals surface area (Å²) in [6, 6.07) is 1.77. The van der Waals surface area contributed by atoms with E-state index < -0.39 is 5.97 Å². The molecule has 1 N–H and O–H groups in total. The summed E-state index contributed by atoms with van der Waals surface area (Å²) in [6.45, 7) is 4.23. The van der Waals surface area contributed by atoms with Gasteiger partial charge in [-0.15, -0.1) is 0 Å². The lowest BCUT2D eigenvalue weighted by molar-refractivity contribution is -0.136. The predicted octanol–water partition coefficient (Wildman–Crippen LogP) is 0.483. The first-order chi connectivity index (χ1) is 8.52. The molecule has 0 saturated heterocycles. The zero-order valence-electron chi connectivity index (χ0n) is 10.8. The monoisotopic (exact) mass is 250 g/mol. The average Bonchev–Trinajstić information content (AvgIpc) is 2.30. The number of carbonyl (C=O) groups is 1. The van der Waals surface area contributed by atoms with Crippen molar-refractivity contribution < 1.29 is 9.90 Å². The Bertz CT molecular complexity index is 534. The van der Waals surface area contributed by atoms with Gasteiger partial charge in [0.2, 0.25) is 0 Å². The summed E-state index contributed by atoms with van der Waals surface area (Å²) in [6.07, 6.45) is 0.651. The lowest BCUT2D eigenvalue weighted by Crippen LogP contribution is -2.35. The van der Waals surface area contributed by atoms with Crippen LogP contribution in [0.5, 0.6) is 0 Å². The van der Waals surface area contributed by atoms with Crippen LogP contribution in [0.3, 0.4) is 0 Å². The highest BCUT2D eigenvalue weighted by atomic mass is 16.4. The topological polar surface area (TPSA) is 62.5 Å². The maximum atomic E-state index is 12.2. The summed E-state index contributed by atoms with van der Waals surface area (Å²) in [5.41, 5.74) is 2.39. The minimum Gasteiger partial charge on any atom is -0.481 e. The van der Waals surface area contributed by atoms with Gasteiger partial charge in [0.15, 0.2) is 0 Å². The van der Waals surface area contributed by atoms with E-state index >= 15 is 0 Å². The highest BCUT2D eigenvalue weighted by molar-refractivity contribution is 5.70. The first-order valence-electron chi connectivity index (χ1n) is 6.17. The number of hydrogen-bond donors (Lipinski definition) is 1. The highest BCUT2D eigenvalue weighted by Gasteiger charge is 2.20. The number of carboxylic acids is 1. The lowest BCUT2D eigenvalue weighted by Gasteiger charge is -2.27. The van der Waals surface area contributed by atoms with Crippen molar-refractivity contribution in [2.45, 2.75) is 32.9 Å². The van der Waals surface area contributed by atoms with Gasteiger partial charge in [-0.3, -0.25) is 9.59 Å². The van der Waals surface area contributed by atoms with E-state index in [1.54, 1.807) is 10.6 Å². The number of fused-ring (bicyclic) bond motifs is 1. The molecular formula is C13H18N2O3. The number of nitrogens with zero attached hydrogens (tertiary/aromatic N) is 2. The third kappa shape index (κ3) is 2.31. The first-order valence-corrected chi connectivity index (χ1v) is 6.17. The zero-order valence-corrected chi connectivity index (χ0v) is 10.8. The molecule has 0 fully saturated rings. The summed E-state index contributed by atoms with van der Waals surface area (Å²) in [7, 11) is 2.03. The van der Waals surface area contributed by atoms with Crippen LogP contribution in [-0.2, 0) is 30.7 Å². The van der Waals surface area contributed by atoms with E-state index in [0.717, 1.165) is 30.8 Å². The fraction of sp³-hybridized carbons (Fsp3) is 0.538. The van der Waals surface area contributed by atoms with E-state index in [1.165, 1.54) is 0 Å². The third-order valence-corrected chi connectivity index (χ3v) is 3.39. The summed E-state index contributed by atoms with van der Waals surface area (Å²) in [5, 5.41) is 8.85. The maximum Gasteiger partial charge on any atom is 0.308 e. The van der Waals surface area contributed by atoms with Gasteiger partial charge in [0.25, 0.3) is 5.56 Å². The van der Waals surface area contributed by atoms with Crippen LogP contribution in [0.4, 0.5) is 0 Å². The number of hydrogen-bond acceptors (Lipinski definition) is 3. The second kappa shape index (κ2) is 4.94. The first kappa shape index (κ1) is 12.8. The Labute approximate surface area is 106 Å². The number of pyridine rings is 1. The molecule has 0 unspecified atom stereocenters. The van der Waals surface area contributed by atoms with E-state index in [9.17, 15) is 9.59 Å². The van der Waals surface area contributed by atoms with Crippen LogP contribution in [0.25, 0.3) is 0 Å². The van der Waals surface area contributed by atoms with Crippen LogP contribution in [0.2, 0.25) is 0 Å². The number of aromatic nitrogens is 1. The molecule has 1 aromatic heterocycles. The van der Waals surface area contributed by atoms with E-state index in [2.05, 4.69) is 4.90 Å². The van der Waals surface area contributed by atoms with Gasteiger partial charge in [-0.05, 0) is 25.6 Å². The second-order valence-corrected chi connectivity index (χ2v) is 4.75. The molecule has 0 bridgehead atoms. The highest BCUT2D eigenvalue weighted by Crippen LogP contribution is 2.17. The molecule has 5 nitrogen and oxygen atoms in total. The average molecular weight is 250 g/mol. The lowest BCUT2D eigenvalue weighted by atomic mass is 10.0. The van der Waals surface area contributed by atoms with Gasteiger partial charge in [-0.25, -0.2) is 0 Å². The Morgan fingerprint density at radius 2 is 2.22 bits per heavy atom. The molecule has 1 aromatic rings. The van der Waals surface area contributed by atoms with Crippen molar-refractivity contribution in [1.29, 1.82) is 0 Å². The number of aliphatic carboxylic acids is 1. The van der Waals surface area contributed by atoms with Gasteiger partial charge in [0, 0.05) is 37.3 Å². The third-order valence-electron chi connectivity index (χ3n) is 3.39. The second-order valence-electron chi connectivity index (χ2n) is 4.75. The van der Waals surface area contributed by atoms with E-state index in [0.29, 0.717) is 12.1 Å². The van der Waals surface area contributed by atoms with Crippen LogP contribution in [0, 0.1) is 0 Å². The fourth-order valence-electron chi connectivity index (χ4n) is 2.55. The maximum absolute atomic E-state index is 12.2. The van der Waals surface area contributed by atoms with Gasteiger partial charge in [-0.1, -0.05) is 0 Å². The normalized spacial score (nSPS) is 15.4. The van der Waals surface area contributed by atoms with Gasteiger partial charge < -0.3 is 14.6 Å². The van der Waals surface area contributed by atoms with Crippen molar-refractivity contribution >= 4 is 5.97 Å². The molecule has 0 aliphatic carbocycles. The van der Waals surface area contributed by atoms with E-state index in [1.807, 2.05) is 14.0 Å². The summed E-state index contributed by atoms with van der Waals surface area (Å²) < 4.78 is 1.72. The fourth-order valence-corrected chi connectivity index (χ4v) is 2.55. The molecule has 18 heavy (non-hydrogen) atoms. The molecule has 2 heterocycles.